The average Bonchev–Trinajstić information content (AvgIpc) is 2.82. The topological polar surface area (TPSA) is 34.1 Å². The third kappa shape index (κ3) is 3.31. The fourth-order valence-corrected chi connectivity index (χ4v) is 2.49. The van der Waals surface area contributed by atoms with Gasteiger partial charge < -0.3 is 10.1 Å². The van der Waals surface area contributed by atoms with Crippen molar-refractivity contribution < 1.29 is 4.74 Å². The Balaban J connectivity index is 1.96. The van der Waals surface area contributed by atoms with Gasteiger partial charge in [-0.2, -0.15) is 0 Å². The van der Waals surface area contributed by atoms with Crippen LogP contribution in [-0.2, 0) is 6.54 Å². The van der Waals surface area contributed by atoms with E-state index >= 15 is 0 Å². The molecule has 1 unspecified atom stereocenters. The molecule has 0 radical (unpaired) electrons. The molecule has 2 rings (SSSR count). The van der Waals surface area contributed by atoms with Crippen molar-refractivity contribution in [2.45, 2.75) is 26.4 Å². The third-order valence-corrected chi connectivity index (χ3v) is 3.74. The van der Waals surface area contributed by atoms with E-state index in [4.69, 9.17) is 4.74 Å². The highest BCUT2D eigenvalue weighted by Gasteiger charge is 2.07. The molecule has 0 fully saturated rings. The summed E-state index contributed by atoms with van der Waals surface area (Å²) in [6, 6.07) is 8.42. The molecule has 1 N–H and O–H groups in total. The monoisotopic (exact) mass is 262 g/mol. The van der Waals surface area contributed by atoms with Crippen LogP contribution >= 0.6 is 11.3 Å². The summed E-state index contributed by atoms with van der Waals surface area (Å²) in [6.07, 6.45) is 1.91. The molecule has 2 aromatic rings. The zero-order valence-corrected chi connectivity index (χ0v) is 11.8. The smallest absolute Gasteiger partial charge is 0.119 e. The van der Waals surface area contributed by atoms with E-state index in [1.807, 2.05) is 18.3 Å². The van der Waals surface area contributed by atoms with Crippen LogP contribution in [0.1, 0.15) is 28.4 Å². The number of aryl methyl sites for hydroxylation is 1. The van der Waals surface area contributed by atoms with Gasteiger partial charge in [0.25, 0.3) is 0 Å². The molecule has 1 heterocycles. The Morgan fingerprint density at radius 2 is 2.28 bits per heavy atom. The highest BCUT2D eigenvalue weighted by Crippen LogP contribution is 2.19. The molecule has 0 amide bonds. The van der Waals surface area contributed by atoms with E-state index in [9.17, 15) is 0 Å². The largest absolute Gasteiger partial charge is 0.497 e. The number of nitrogens with zero attached hydrogens (tertiary/aromatic N) is 1. The summed E-state index contributed by atoms with van der Waals surface area (Å²) >= 11 is 1.73. The molecule has 1 atom stereocenters. The molecule has 1 aromatic heterocycles. The number of nitrogens with one attached hydrogen (secondary N) is 1. The van der Waals surface area contributed by atoms with Crippen molar-refractivity contribution in [2.75, 3.05) is 7.11 Å². The van der Waals surface area contributed by atoms with E-state index in [2.05, 4.69) is 36.3 Å². The lowest BCUT2D eigenvalue weighted by atomic mass is 10.1. The van der Waals surface area contributed by atoms with Gasteiger partial charge in [0.15, 0.2) is 0 Å². The van der Waals surface area contributed by atoms with Crippen LogP contribution < -0.4 is 10.1 Å². The summed E-state index contributed by atoms with van der Waals surface area (Å²) < 4.78 is 5.23. The van der Waals surface area contributed by atoms with Crippen molar-refractivity contribution in [3.8, 4) is 5.75 Å². The van der Waals surface area contributed by atoms with Crippen molar-refractivity contribution in [3.63, 3.8) is 0 Å². The number of thiazole rings is 1. The quantitative estimate of drug-likeness (QED) is 0.897. The Morgan fingerprint density at radius 1 is 1.44 bits per heavy atom. The van der Waals surface area contributed by atoms with E-state index in [1.54, 1.807) is 18.4 Å². The zero-order chi connectivity index (χ0) is 13.0. The first-order valence-corrected chi connectivity index (χ1v) is 6.79. The zero-order valence-electron chi connectivity index (χ0n) is 10.9. The highest BCUT2D eigenvalue weighted by molar-refractivity contribution is 7.11. The van der Waals surface area contributed by atoms with E-state index in [0.29, 0.717) is 0 Å². The normalized spacial score (nSPS) is 12.4. The van der Waals surface area contributed by atoms with Crippen molar-refractivity contribution in [1.82, 2.24) is 10.3 Å². The van der Waals surface area contributed by atoms with Crippen LogP contribution in [0, 0.1) is 6.92 Å². The van der Waals surface area contributed by atoms with Crippen molar-refractivity contribution in [1.29, 1.82) is 0 Å². The molecule has 0 bridgehead atoms. The number of ether oxygens (including phenoxy) is 1. The molecule has 0 spiro atoms. The average molecular weight is 262 g/mol. The van der Waals surface area contributed by atoms with E-state index in [-0.39, 0.29) is 6.04 Å². The molecule has 3 nitrogen and oxygen atoms in total. The molecule has 0 aliphatic carbocycles. The van der Waals surface area contributed by atoms with Gasteiger partial charge in [-0.3, -0.25) is 0 Å². The van der Waals surface area contributed by atoms with Gasteiger partial charge in [0.1, 0.15) is 10.8 Å². The molecule has 0 saturated heterocycles. The number of rotatable bonds is 5. The van der Waals surface area contributed by atoms with Crippen LogP contribution in [-0.4, -0.2) is 12.1 Å². The molecule has 4 heteroatoms. The Bertz CT molecular complexity index is 510. The number of benzene rings is 1. The maximum atomic E-state index is 5.23. The maximum Gasteiger partial charge on any atom is 0.119 e. The fourth-order valence-electron chi connectivity index (χ4n) is 1.75. The molecule has 1 aromatic carbocycles. The third-order valence-electron chi connectivity index (χ3n) is 2.82. The lowest BCUT2D eigenvalue weighted by Gasteiger charge is -2.14. The second kappa shape index (κ2) is 5.98. The van der Waals surface area contributed by atoms with E-state index in [1.165, 1.54) is 10.4 Å². The van der Waals surface area contributed by atoms with Crippen molar-refractivity contribution >= 4 is 11.3 Å². The SMILES string of the molecule is COc1cccc(C(C)NCc2ncc(C)s2)c1. The summed E-state index contributed by atoms with van der Waals surface area (Å²) in [7, 11) is 1.69. The molecule has 18 heavy (non-hydrogen) atoms. The van der Waals surface area contributed by atoms with Gasteiger partial charge in [0.05, 0.1) is 7.11 Å². The summed E-state index contributed by atoms with van der Waals surface area (Å²) in [5.41, 5.74) is 1.22. The second-order valence-corrected chi connectivity index (χ2v) is 5.56. The molecule has 0 aliphatic rings. The number of aromatic nitrogens is 1. The second-order valence-electron chi connectivity index (χ2n) is 4.24. The molecule has 0 aliphatic heterocycles. The van der Waals surface area contributed by atoms with Gasteiger partial charge in [0, 0.05) is 23.7 Å². The standard InChI is InChI=1S/C14H18N2OS/c1-10-8-16-14(18-10)9-15-11(2)12-5-4-6-13(7-12)17-3/h4-8,11,15H,9H2,1-3H3. The number of methoxy groups -OCH3 is 1. The Hall–Kier alpha value is -1.39. The minimum Gasteiger partial charge on any atom is -0.497 e. The maximum absolute atomic E-state index is 5.23. The summed E-state index contributed by atoms with van der Waals surface area (Å²) in [5.74, 6) is 0.895. The van der Waals surface area contributed by atoms with Gasteiger partial charge in [-0.15, -0.1) is 11.3 Å². The first-order valence-electron chi connectivity index (χ1n) is 5.97. The fraction of sp³-hybridized carbons (Fsp3) is 0.357. The predicted molar refractivity (Wildman–Crippen MR) is 75.1 cm³/mol. The van der Waals surface area contributed by atoms with Gasteiger partial charge in [-0.1, -0.05) is 12.1 Å². The summed E-state index contributed by atoms with van der Waals surface area (Å²) in [4.78, 5) is 5.60. The number of hydrogen-bond acceptors (Lipinski definition) is 4. The molecule has 96 valence electrons. The Morgan fingerprint density at radius 3 is 2.94 bits per heavy atom. The van der Waals surface area contributed by atoms with Crippen LogP contribution in [0.3, 0.4) is 0 Å². The van der Waals surface area contributed by atoms with Crippen molar-refractivity contribution in [3.05, 3.63) is 45.9 Å². The first-order chi connectivity index (χ1) is 8.69. The minimum absolute atomic E-state index is 0.282. The van der Waals surface area contributed by atoms with Crippen LogP contribution in [0.25, 0.3) is 0 Å². The molecule has 0 saturated carbocycles. The van der Waals surface area contributed by atoms with E-state index < -0.39 is 0 Å². The van der Waals surface area contributed by atoms with Gasteiger partial charge in [-0.05, 0) is 31.5 Å². The van der Waals surface area contributed by atoms with Gasteiger partial charge in [-0.25, -0.2) is 4.98 Å². The van der Waals surface area contributed by atoms with Crippen molar-refractivity contribution in [2.24, 2.45) is 0 Å². The highest BCUT2D eigenvalue weighted by atomic mass is 32.1. The Labute approximate surface area is 112 Å². The molecular weight excluding hydrogens is 244 g/mol. The Kier molecular flexibility index (Phi) is 4.33. The summed E-state index contributed by atoms with van der Waals surface area (Å²) in [5, 5.41) is 4.60. The summed E-state index contributed by atoms with van der Waals surface area (Å²) in [6.45, 7) is 5.03. The van der Waals surface area contributed by atoms with Gasteiger partial charge in [0.2, 0.25) is 0 Å². The minimum atomic E-state index is 0.282. The van der Waals surface area contributed by atoms with Crippen LogP contribution in [0.5, 0.6) is 5.75 Å². The van der Waals surface area contributed by atoms with Crippen LogP contribution in [0.15, 0.2) is 30.5 Å². The van der Waals surface area contributed by atoms with Crippen LogP contribution in [0.2, 0.25) is 0 Å². The molecular formula is C14H18N2OS. The lowest BCUT2D eigenvalue weighted by molar-refractivity contribution is 0.413. The van der Waals surface area contributed by atoms with E-state index in [0.717, 1.165) is 17.3 Å². The predicted octanol–water partition coefficient (Wildman–Crippen LogP) is 3.31. The lowest BCUT2D eigenvalue weighted by Crippen LogP contribution is -2.17. The van der Waals surface area contributed by atoms with Gasteiger partial charge >= 0.3 is 0 Å². The first kappa shape index (κ1) is 13.1. The number of hydrogen-bond donors (Lipinski definition) is 1. The van der Waals surface area contributed by atoms with Crippen LogP contribution in [0.4, 0.5) is 0 Å².